The number of hydrogen-bond donors (Lipinski definition) is 1. The molecule has 26 heavy (non-hydrogen) atoms. The monoisotopic (exact) mass is 349 g/mol. The summed E-state index contributed by atoms with van der Waals surface area (Å²) in [7, 11) is 0. The Morgan fingerprint density at radius 3 is 2.50 bits per heavy atom. The first-order chi connectivity index (χ1) is 12.8. The smallest absolute Gasteiger partial charge is 0.250 e. The summed E-state index contributed by atoms with van der Waals surface area (Å²) in [6.45, 7) is 0.557. The Morgan fingerprint density at radius 2 is 1.77 bits per heavy atom. The van der Waals surface area contributed by atoms with Gasteiger partial charge in [-0.25, -0.2) is 9.37 Å². The van der Waals surface area contributed by atoms with Crippen molar-refractivity contribution in [2.75, 3.05) is 0 Å². The van der Waals surface area contributed by atoms with E-state index >= 15 is 0 Å². The number of halogens is 1. The van der Waals surface area contributed by atoms with Crippen molar-refractivity contribution >= 4 is 0 Å². The van der Waals surface area contributed by atoms with Gasteiger partial charge in [0.25, 0.3) is 5.89 Å². The second-order valence-electron chi connectivity index (χ2n) is 5.97. The molecule has 0 bridgehead atoms. The molecule has 0 aliphatic heterocycles. The van der Waals surface area contributed by atoms with E-state index in [-0.39, 0.29) is 11.9 Å². The lowest BCUT2D eigenvalue weighted by Crippen LogP contribution is -2.83. The molecule has 2 heterocycles. The molecule has 2 aromatic carbocycles. The highest BCUT2D eigenvalue weighted by atomic mass is 19.1. The van der Waals surface area contributed by atoms with Gasteiger partial charge in [0.2, 0.25) is 0 Å². The first-order valence-electron chi connectivity index (χ1n) is 8.42. The molecular formula is C21H18FN2O2+. The molecule has 1 atom stereocenters. The third kappa shape index (κ3) is 3.58. The van der Waals surface area contributed by atoms with Crippen LogP contribution in [0, 0.1) is 5.82 Å². The number of nitrogens with zero attached hydrogens (tertiary/aromatic N) is 1. The van der Waals surface area contributed by atoms with Gasteiger partial charge in [0, 0.05) is 11.1 Å². The Morgan fingerprint density at radius 1 is 0.962 bits per heavy atom. The summed E-state index contributed by atoms with van der Waals surface area (Å²) in [5.41, 5.74) is 1.95. The maximum atomic E-state index is 13.1. The van der Waals surface area contributed by atoms with E-state index in [1.54, 1.807) is 24.6 Å². The Bertz CT molecular complexity index is 947. The highest BCUT2D eigenvalue weighted by Gasteiger charge is 2.21. The first-order valence-corrected chi connectivity index (χ1v) is 8.42. The van der Waals surface area contributed by atoms with Crippen molar-refractivity contribution in [1.29, 1.82) is 0 Å². The average molecular weight is 349 g/mol. The van der Waals surface area contributed by atoms with Crippen molar-refractivity contribution in [3.05, 3.63) is 102 Å². The fraction of sp³-hybridized carbons (Fsp3) is 0.0952. The van der Waals surface area contributed by atoms with Gasteiger partial charge in [0.15, 0.2) is 24.1 Å². The van der Waals surface area contributed by atoms with Crippen molar-refractivity contribution in [3.63, 3.8) is 0 Å². The maximum Gasteiger partial charge on any atom is 0.250 e. The van der Waals surface area contributed by atoms with Gasteiger partial charge in [0.05, 0.1) is 12.5 Å². The Labute approximate surface area is 150 Å². The minimum absolute atomic E-state index is 0.0207. The van der Waals surface area contributed by atoms with Crippen LogP contribution in [0.15, 0.2) is 88.0 Å². The molecule has 0 spiro atoms. The summed E-state index contributed by atoms with van der Waals surface area (Å²) >= 11 is 0. The van der Waals surface area contributed by atoms with Crippen LogP contribution in [0.3, 0.4) is 0 Å². The normalized spacial score (nSPS) is 12.2. The van der Waals surface area contributed by atoms with E-state index in [0.717, 1.165) is 16.9 Å². The molecule has 2 N–H and O–H groups in total. The van der Waals surface area contributed by atoms with E-state index in [2.05, 4.69) is 22.4 Å². The SMILES string of the molecule is Fc1ccc(-c2cnc(C[NH2+][C@H](c3ccccc3)c3ccco3)o2)cc1. The molecule has 4 nitrogen and oxygen atoms in total. The zero-order valence-corrected chi connectivity index (χ0v) is 14.0. The molecule has 5 heteroatoms. The van der Waals surface area contributed by atoms with Crippen LogP contribution in [-0.2, 0) is 6.54 Å². The topological polar surface area (TPSA) is 55.8 Å². The summed E-state index contributed by atoms with van der Waals surface area (Å²) in [6.07, 6.45) is 3.34. The zero-order chi connectivity index (χ0) is 17.8. The van der Waals surface area contributed by atoms with Crippen LogP contribution < -0.4 is 5.32 Å². The van der Waals surface area contributed by atoms with Crippen LogP contribution in [0.4, 0.5) is 4.39 Å². The number of quaternary nitrogens is 1. The molecular weight excluding hydrogens is 331 g/mol. The lowest BCUT2D eigenvalue weighted by molar-refractivity contribution is -0.706. The van der Waals surface area contributed by atoms with Gasteiger partial charge in [-0.2, -0.15) is 0 Å². The predicted molar refractivity (Wildman–Crippen MR) is 94.5 cm³/mol. The van der Waals surface area contributed by atoms with Gasteiger partial charge < -0.3 is 14.2 Å². The second-order valence-corrected chi connectivity index (χ2v) is 5.97. The molecule has 4 aromatic rings. The number of nitrogens with two attached hydrogens (primary N) is 1. The average Bonchev–Trinajstić information content (AvgIpc) is 3.36. The highest BCUT2D eigenvalue weighted by Crippen LogP contribution is 2.21. The molecule has 4 rings (SSSR count). The molecule has 0 amide bonds. The number of hydrogen-bond acceptors (Lipinski definition) is 3. The molecule has 130 valence electrons. The summed E-state index contributed by atoms with van der Waals surface area (Å²) < 4.78 is 24.5. The lowest BCUT2D eigenvalue weighted by atomic mass is 10.0. The standard InChI is InChI=1S/C21H17FN2O2/c22-17-10-8-15(9-11-17)19-13-23-20(26-19)14-24-21(18-7-4-12-25-18)16-5-2-1-3-6-16/h1-13,21,24H,14H2/p+1/t21-/m1/s1. The molecule has 0 saturated heterocycles. The molecule has 0 aliphatic rings. The van der Waals surface area contributed by atoms with Crippen LogP contribution in [0.2, 0.25) is 0 Å². The van der Waals surface area contributed by atoms with E-state index < -0.39 is 0 Å². The lowest BCUT2D eigenvalue weighted by Gasteiger charge is -2.12. The zero-order valence-electron chi connectivity index (χ0n) is 14.0. The highest BCUT2D eigenvalue weighted by molar-refractivity contribution is 5.55. The Kier molecular flexibility index (Phi) is 4.62. The molecule has 0 unspecified atom stereocenters. The number of aromatic nitrogens is 1. The largest absolute Gasteiger partial charge is 0.463 e. The quantitative estimate of drug-likeness (QED) is 0.574. The van der Waals surface area contributed by atoms with Crippen molar-refractivity contribution in [3.8, 4) is 11.3 Å². The minimum atomic E-state index is -0.272. The van der Waals surface area contributed by atoms with Crippen LogP contribution in [-0.4, -0.2) is 4.98 Å². The van der Waals surface area contributed by atoms with E-state index in [0.29, 0.717) is 18.2 Å². The van der Waals surface area contributed by atoms with Crippen molar-refractivity contribution in [2.45, 2.75) is 12.6 Å². The first kappa shape index (κ1) is 16.3. The summed E-state index contributed by atoms with van der Waals surface area (Å²) in [5.74, 6) is 1.84. The number of oxazole rings is 1. The van der Waals surface area contributed by atoms with E-state index in [9.17, 15) is 4.39 Å². The predicted octanol–water partition coefficient (Wildman–Crippen LogP) is 3.93. The van der Waals surface area contributed by atoms with Gasteiger partial charge in [-0.05, 0) is 36.4 Å². The van der Waals surface area contributed by atoms with E-state index in [4.69, 9.17) is 8.83 Å². The number of furan rings is 1. The van der Waals surface area contributed by atoms with E-state index in [1.807, 2.05) is 30.3 Å². The van der Waals surface area contributed by atoms with Crippen LogP contribution in [0.5, 0.6) is 0 Å². The van der Waals surface area contributed by atoms with Crippen molar-refractivity contribution < 1.29 is 18.5 Å². The molecule has 0 fully saturated rings. The molecule has 2 aromatic heterocycles. The summed E-state index contributed by atoms with van der Waals surface area (Å²) in [6, 6.07) is 20.2. The third-order valence-electron chi connectivity index (χ3n) is 4.22. The third-order valence-corrected chi connectivity index (χ3v) is 4.22. The Hall–Kier alpha value is -3.18. The van der Waals surface area contributed by atoms with Gasteiger partial charge in [-0.1, -0.05) is 30.3 Å². The number of rotatable bonds is 6. The molecule has 0 radical (unpaired) electrons. The molecule has 0 aliphatic carbocycles. The van der Waals surface area contributed by atoms with E-state index in [1.165, 1.54) is 12.1 Å². The van der Waals surface area contributed by atoms with Crippen LogP contribution in [0.25, 0.3) is 11.3 Å². The summed E-state index contributed by atoms with van der Waals surface area (Å²) in [4.78, 5) is 4.34. The number of benzene rings is 2. The van der Waals surface area contributed by atoms with Gasteiger partial charge in [-0.3, -0.25) is 0 Å². The van der Waals surface area contributed by atoms with Gasteiger partial charge in [-0.15, -0.1) is 0 Å². The Balaban J connectivity index is 1.51. The van der Waals surface area contributed by atoms with Gasteiger partial charge in [0.1, 0.15) is 5.82 Å². The van der Waals surface area contributed by atoms with Crippen LogP contribution in [0.1, 0.15) is 23.3 Å². The van der Waals surface area contributed by atoms with Crippen molar-refractivity contribution in [2.24, 2.45) is 0 Å². The maximum absolute atomic E-state index is 13.1. The van der Waals surface area contributed by atoms with Gasteiger partial charge >= 0.3 is 0 Å². The molecule has 0 saturated carbocycles. The van der Waals surface area contributed by atoms with Crippen molar-refractivity contribution in [1.82, 2.24) is 4.98 Å². The minimum Gasteiger partial charge on any atom is -0.463 e. The fourth-order valence-corrected chi connectivity index (χ4v) is 2.92. The second kappa shape index (κ2) is 7.37. The summed E-state index contributed by atoms with van der Waals surface area (Å²) in [5, 5.41) is 2.12. The van der Waals surface area contributed by atoms with Crippen LogP contribution >= 0.6 is 0 Å². The fourth-order valence-electron chi connectivity index (χ4n) is 2.92.